The molecule has 3 rings (SSSR count). The maximum atomic E-state index is 12.3. The lowest BCUT2D eigenvalue weighted by Crippen LogP contribution is -2.39. The van der Waals surface area contributed by atoms with Gasteiger partial charge in [-0.25, -0.2) is 9.59 Å². The summed E-state index contributed by atoms with van der Waals surface area (Å²) < 4.78 is 10.3. The zero-order valence-electron chi connectivity index (χ0n) is 11.4. The van der Waals surface area contributed by atoms with Crippen LogP contribution < -0.4 is 0 Å². The summed E-state index contributed by atoms with van der Waals surface area (Å²) in [5.74, 6) is -1.86. The topological polar surface area (TPSA) is 76.1 Å². The van der Waals surface area contributed by atoms with Gasteiger partial charge in [0, 0.05) is 0 Å². The summed E-state index contributed by atoms with van der Waals surface area (Å²) in [7, 11) is 0. The third kappa shape index (κ3) is 2.48. The second-order valence-corrected chi connectivity index (χ2v) is 5.25. The van der Waals surface area contributed by atoms with E-state index < -0.39 is 23.6 Å². The van der Waals surface area contributed by atoms with E-state index in [0.29, 0.717) is 5.56 Å². The predicted molar refractivity (Wildman–Crippen MR) is 75.1 cm³/mol. The van der Waals surface area contributed by atoms with Gasteiger partial charge in [-0.3, -0.25) is 0 Å². The Morgan fingerprint density at radius 1 is 1.24 bits per heavy atom. The molecule has 2 aromatic rings. The zero-order valence-corrected chi connectivity index (χ0v) is 11.4. The number of hydrogen-bond acceptors (Lipinski definition) is 4. The molecule has 2 aromatic carbocycles. The first kappa shape index (κ1) is 13.6. The molecule has 0 spiro atoms. The molecule has 108 valence electrons. The Kier molecular flexibility index (Phi) is 3.14. The summed E-state index contributed by atoms with van der Waals surface area (Å²) in [6.07, 6.45) is -1.30. The van der Waals surface area contributed by atoms with Crippen LogP contribution in [-0.4, -0.2) is 35.4 Å². The Bertz CT molecular complexity index is 712. The molecule has 0 bridgehead atoms. The highest BCUT2D eigenvalue weighted by atomic mass is 16.6. The van der Waals surface area contributed by atoms with E-state index in [9.17, 15) is 14.7 Å². The summed E-state index contributed by atoms with van der Waals surface area (Å²) in [6.45, 7) is 1.88. The molecule has 1 heterocycles. The normalized spacial score (nSPS) is 21.8. The number of fused-ring (bicyclic) bond motifs is 1. The fourth-order valence-corrected chi connectivity index (χ4v) is 2.28. The molecule has 0 radical (unpaired) electrons. The highest BCUT2D eigenvalue weighted by Crippen LogP contribution is 2.33. The van der Waals surface area contributed by atoms with Crippen molar-refractivity contribution in [1.82, 2.24) is 0 Å². The number of ether oxygens (including phenoxy) is 2. The number of benzene rings is 2. The largest absolute Gasteiger partial charge is 0.478 e. The van der Waals surface area contributed by atoms with E-state index in [2.05, 4.69) is 0 Å². The standard InChI is InChI=1S/C16H14O5/c1-16(9-20-16)13(14(17)18)21-15(19)12-8-4-6-10-5-2-3-7-11(10)12/h2-8,13H,9H2,1H3,(H,17,18)/t13-,16+/m1/s1. The van der Waals surface area contributed by atoms with Crippen molar-refractivity contribution in [3.63, 3.8) is 0 Å². The Morgan fingerprint density at radius 2 is 1.90 bits per heavy atom. The van der Waals surface area contributed by atoms with Gasteiger partial charge < -0.3 is 14.6 Å². The third-order valence-corrected chi connectivity index (χ3v) is 3.61. The van der Waals surface area contributed by atoms with Gasteiger partial charge in [0.1, 0.15) is 5.60 Å². The second kappa shape index (κ2) is 4.86. The van der Waals surface area contributed by atoms with Crippen molar-refractivity contribution in [3.05, 3.63) is 48.0 Å². The molecular formula is C16H14O5. The number of carboxylic acid groups (broad SMARTS) is 1. The van der Waals surface area contributed by atoms with Crippen LogP contribution in [0, 0.1) is 0 Å². The maximum Gasteiger partial charge on any atom is 0.348 e. The SMILES string of the molecule is C[C@@]1([C@H](OC(=O)c2cccc3ccccc23)C(=O)O)CO1. The second-order valence-electron chi connectivity index (χ2n) is 5.25. The van der Waals surface area contributed by atoms with Gasteiger partial charge in [-0.2, -0.15) is 0 Å². The summed E-state index contributed by atoms with van der Waals surface area (Å²) in [6, 6.07) is 12.6. The highest BCUT2D eigenvalue weighted by Gasteiger charge is 2.53. The third-order valence-electron chi connectivity index (χ3n) is 3.61. The number of rotatable bonds is 4. The minimum absolute atomic E-state index is 0.271. The first-order chi connectivity index (χ1) is 10.0. The number of hydrogen-bond donors (Lipinski definition) is 1. The van der Waals surface area contributed by atoms with Crippen molar-refractivity contribution in [3.8, 4) is 0 Å². The fraction of sp³-hybridized carbons (Fsp3) is 0.250. The summed E-state index contributed by atoms with van der Waals surface area (Å²) >= 11 is 0. The van der Waals surface area contributed by atoms with Gasteiger partial charge in [-0.15, -0.1) is 0 Å². The van der Waals surface area contributed by atoms with Gasteiger partial charge >= 0.3 is 11.9 Å². The van der Waals surface area contributed by atoms with Gasteiger partial charge in [-0.1, -0.05) is 36.4 Å². The average Bonchev–Trinajstić information content (AvgIpc) is 3.22. The van der Waals surface area contributed by atoms with Crippen molar-refractivity contribution in [1.29, 1.82) is 0 Å². The molecule has 2 atom stereocenters. The molecule has 1 aliphatic heterocycles. The highest BCUT2D eigenvalue weighted by molar-refractivity contribution is 6.05. The van der Waals surface area contributed by atoms with Gasteiger partial charge in [0.05, 0.1) is 12.2 Å². The van der Waals surface area contributed by atoms with Crippen LogP contribution in [0.5, 0.6) is 0 Å². The van der Waals surface area contributed by atoms with Gasteiger partial charge in [0.25, 0.3) is 0 Å². The Balaban J connectivity index is 1.92. The summed E-state index contributed by atoms with van der Waals surface area (Å²) in [5.41, 5.74) is -0.574. The number of epoxide rings is 1. The molecule has 1 fully saturated rings. The molecule has 0 aliphatic carbocycles. The van der Waals surface area contributed by atoms with E-state index in [1.807, 2.05) is 24.3 Å². The first-order valence-corrected chi connectivity index (χ1v) is 6.57. The minimum atomic E-state index is -1.30. The van der Waals surface area contributed by atoms with Gasteiger partial charge in [0.2, 0.25) is 6.10 Å². The predicted octanol–water partition coefficient (Wildman–Crippen LogP) is 2.24. The number of carboxylic acids is 1. The lowest BCUT2D eigenvalue weighted by Gasteiger charge is -2.17. The lowest BCUT2D eigenvalue weighted by atomic mass is 10.0. The minimum Gasteiger partial charge on any atom is -0.478 e. The van der Waals surface area contributed by atoms with Gasteiger partial charge in [-0.05, 0) is 23.8 Å². The van der Waals surface area contributed by atoms with Gasteiger partial charge in [0.15, 0.2) is 0 Å². The van der Waals surface area contributed by atoms with E-state index in [1.165, 1.54) is 0 Å². The molecule has 5 heteroatoms. The van der Waals surface area contributed by atoms with Crippen molar-refractivity contribution < 1.29 is 24.2 Å². The van der Waals surface area contributed by atoms with Crippen LogP contribution in [0.15, 0.2) is 42.5 Å². The van der Waals surface area contributed by atoms with Crippen LogP contribution in [0.1, 0.15) is 17.3 Å². The summed E-state index contributed by atoms with van der Waals surface area (Å²) in [4.78, 5) is 23.6. The van der Waals surface area contributed by atoms with E-state index in [4.69, 9.17) is 9.47 Å². The van der Waals surface area contributed by atoms with Crippen LogP contribution in [0.4, 0.5) is 0 Å². The number of aliphatic carboxylic acids is 1. The fourth-order valence-electron chi connectivity index (χ4n) is 2.28. The van der Waals surface area contributed by atoms with Crippen LogP contribution in [0.25, 0.3) is 10.8 Å². The van der Waals surface area contributed by atoms with E-state index in [1.54, 1.807) is 25.1 Å². The van der Waals surface area contributed by atoms with Crippen LogP contribution >= 0.6 is 0 Å². The van der Waals surface area contributed by atoms with E-state index >= 15 is 0 Å². The molecular weight excluding hydrogens is 272 g/mol. The smallest absolute Gasteiger partial charge is 0.348 e. The number of esters is 1. The Labute approximate surface area is 121 Å². The molecule has 5 nitrogen and oxygen atoms in total. The molecule has 21 heavy (non-hydrogen) atoms. The number of carbonyl (C=O) groups is 2. The Hall–Kier alpha value is -2.40. The zero-order chi connectivity index (χ0) is 15.0. The Morgan fingerprint density at radius 3 is 2.57 bits per heavy atom. The van der Waals surface area contributed by atoms with Crippen molar-refractivity contribution in [2.75, 3.05) is 6.61 Å². The average molecular weight is 286 g/mol. The summed E-state index contributed by atoms with van der Waals surface area (Å²) in [5, 5.41) is 10.8. The molecule has 0 saturated carbocycles. The van der Waals surface area contributed by atoms with Crippen molar-refractivity contribution in [2.24, 2.45) is 0 Å². The molecule has 1 N–H and O–H groups in total. The van der Waals surface area contributed by atoms with E-state index in [0.717, 1.165) is 10.8 Å². The van der Waals surface area contributed by atoms with E-state index in [-0.39, 0.29) is 6.61 Å². The van der Waals surface area contributed by atoms with Crippen molar-refractivity contribution in [2.45, 2.75) is 18.6 Å². The monoisotopic (exact) mass is 286 g/mol. The lowest BCUT2D eigenvalue weighted by molar-refractivity contribution is -0.150. The molecule has 1 saturated heterocycles. The van der Waals surface area contributed by atoms with Crippen LogP contribution in [0.2, 0.25) is 0 Å². The molecule has 1 aliphatic rings. The maximum absolute atomic E-state index is 12.3. The number of carbonyl (C=O) groups excluding carboxylic acids is 1. The van der Waals surface area contributed by atoms with Crippen LogP contribution in [0.3, 0.4) is 0 Å². The first-order valence-electron chi connectivity index (χ1n) is 6.57. The quantitative estimate of drug-likeness (QED) is 0.689. The molecule has 0 unspecified atom stereocenters. The molecule has 0 amide bonds. The van der Waals surface area contributed by atoms with Crippen LogP contribution in [-0.2, 0) is 14.3 Å². The molecule has 0 aromatic heterocycles. The van der Waals surface area contributed by atoms with Crippen molar-refractivity contribution >= 4 is 22.7 Å².